The van der Waals surface area contributed by atoms with E-state index < -0.39 is 5.54 Å². The number of amides is 1. The summed E-state index contributed by atoms with van der Waals surface area (Å²) in [6.07, 6.45) is 5.01. The highest BCUT2D eigenvalue weighted by Gasteiger charge is 2.35. The summed E-state index contributed by atoms with van der Waals surface area (Å²) in [5.74, 6) is 0.551. The lowest BCUT2D eigenvalue weighted by molar-refractivity contribution is -0.127. The molecule has 1 amide bonds. The third-order valence-electron chi connectivity index (χ3n) is 4.10. The second-order valence-corrected chi connectivity index (χ2v) is 6.20. The second-order valence-electron chi connectivity index (χ2n) is 6.20. The highest BCUT2D eigenvalue weighted by atomic mass is 16.2. The molecule has 3 N–H and O–H groups in total. The lowest BCUT2D eigenvalue weighted by atomic mass is 9.82. The van der Waals surface area contributed by atoms with Crippen LogP contribution < -0.4 is 11.1 Å². The Hall–Kier alpha value is -0.610. The average molecular weight is 255 g/mol. The number of hydrogen-bond acceptors (Lipinski definition) is 3. The fourth-order valence-electron chi connectivity index (χ4n) is 2.80. The summed E-state index contributed by atoms with van der Waals surface area (Å²) in [5, 5.41) is 3.05. The molecule has 1 rings (SSSR count). The van der Waals surface area contributed by atoms with E-state index in [0.717, 1.165) is 25.7 Å². The summed E-state index contributed by atoms with van der Waals surface area (Å²) >= 11 is 0. The van der Waals surface area contributed by atoms with Crippen LogP contribution in [0.15, 0.2) is 0 Å². The van der Waals surface area contributed by atoms with Gasteiger partial charge in [-0.1, -0.05) is 33.1 Å². The molecular weight excluding hydrogens is 226 g/mol. The van der Waals surface area contributed by atoms with Gasteiger partial charge in [-0.15, -0.1) is 0 Å². The van der Waals surface area contributed by atoms with Crippen molar-refractivity contribution in [2.75, 3.05) is 20.6 Å². The first-order valence-corrected chi connectivity index (χ1v) is 7.10. The van der Waals surface area contributed by atoms with Crippen molar-refractivity contribution in [1.29, 1.82) is 0 Å². The number of nitrogens with zero attached hydrogens (tertiary/aromatic N) is 1. The number of nitrogens with two attached hydrogens (primary N) is 1. The van der Waals surface area contributed by atoms with Crippen LogP contribution in [-0.4, -0.2) is 43.0 Å². The van der Waals surface area contributed by atoms with Crippen LogP contribution in [0, 0.1) is 5.92 Å². The van der Waals surface area contributed by atoms with Crippen LogP contribution in [0.3, 0.4) is 0 Å². The van der Waals surface area contributed by atoms with Crippen molar-refractivity contribution in [1.82, 2.24) is 10.2 Å². The van der Waals surface area contributed by atoms with Gasteiger partial charge in [0.05, 0.1) is 5.54 Å². The minimum atomic E-state index is -0.619. The van der Waals surface area contributed by atoms with E-state index in [1.807, 2.05) is 0 Å². The standard InChI is InChI=1S/C14H29N3O/c1-11(2)12(17(3)4)10-16-13(18)14(15)8-6-5-7-9-14/h11-12H,5-10,15H2,1-4H3,(H,16,18). The lowest BCUT2D eigenvalue weighted by Crippen LogP contribution is -2.57. The van der Waals surface area contributed by atoms with Gasteiger partial charge in [-0.3, -0.25) is 4.79 Å². The van der Waals surface area contributed by atoms with Crippen molar-refractivity contribution in [2.24, 2.45) is 11.7 Å². The SMILES string of the molecule is CC(C)C(CNC(=O)C1(N)CCCCC1)N(C)C. The summed E-state index contributed by atoms with van der Waals surface area (Å²) < 4.78 is 0. The predicted octanol–water partition coefficient (Wildman–Crippen LogP) is 1.35. The van der Waals surface area contributed by atoms with E-state index in [0.29, 0.717) is 18.5 Å². The van der Waals surface area contributed by atoms with Gasteiger partial charge in [0.25, 0.3) is 0 Å². The lowest BCUT2D eigenvalue weighted by Gasteiger charge is -2.34. The second kappa shape index (κ2) is 6.53. The van der Waals surface area contributed by atoms with Crippen LogP contribution in [0.5, 0.6) is 0 Å². The Morgan fingerprint density at radius 2 is 1.83 bits per heavy atom. The van der Waals surface area contributed by atoms with Gasteiger partial charge in [0, 0.05) is 12.6 Å². The molecule has 1 saturated carbocycles. The van der Waals surface area contributed by atoms with Crippen LogP contribution in [-0.2, 0) is 4.79 Å². The van der Waals surface area contributed by atoms with Gasteiger partial charge in [-0.2, -0.15) is 0 Å². The topological polar surface area (TPSA) is 58.4 Å². The Morgan fingerprint density at radius 1 is 1.28 bits per heavy atom. The molecule has 4 heteroatoms. The van der Waals surface area contributed by atoms with Gasteiger partial charge < -0.3 is 16.0 Å². The maximum Gasteiger partial charge on any atom is 0.240 e. The number of carbonyl (C=O) groups excluding carboxylic acids is 1. The monoisotopic (exact) mass is 255 g/mol. The summed E-state index contributed by atoms with van der Waals surface area (Å²) in [4.78, 5) is 14.4. The van der Waals surface area contributed by atoms with E-state index in [1.165, 1.54) is 6.42 Å². The number of nitrogens with one attached hydrogen (secondary N) is 1. The van der Waals surface area contributed by atoms with Gasteiger partial charge >= 0.3 is 0 Å². The Kier molecular flexibility index (Phi) is 5.60. The Balaban J connectivity index is 2.48. The fraction of sp³-hybridized carbons (Fsp3) is 0.929. The first kappa shape index (κ1) is 15.4. The maximum atomic E-state index is 12.2. The van der Waals surface area contributed by atoms with Crippen molar-refractivity contribution in [3.8, 4) is 0 Å². The Morgan fingerprint density at radius 3 is 2.28 bits per heavy atom. The molecule has 1 aliphatic rings. The van der Waals surface area contributed by atoms with E-state index >= 15 is 0 Å². The number of rotatable bonds is 5. The summed E-state index contributed by atoms with van der Waals surface area (Å²) in [5.41, 5.74) is 5.60. The van der Waals surface area contributed by atoms with Gasteiger partial charge in [0.2, 0.25) is 5.91 Å². The van der Waals surface area contributed by atoms with Crippen LogP contribution in [0.4, 0.5) is 0 Å². The summed E-state index contributed by atoms with van der Waals surface area (Å²) in [7, 11) is 4.10. The van der Waals surface area contributed by atoms with Crippen molar-refractivity contribution < 1.29 is 4.79 Å². The normalized spacial score (nSPS) is 21.1. The van der Waals surface area contributed by atoms with Crippen LogP contribution in [0.25, 0.3) is 0 Å². The summed E-state index contributed by atoms with van der Waals surface area (Å²) in [6.45, 7) is 5.04. The highest BCUT2D eigenvalue weighted by molar-refractivity contribution is 5.86. The predicted molar refractivity (Wildman–Crippen MR) is 75.3 cm³/mol. The molecule has 0 heterocycles. The minimum Gasteiger partial charge on any atom is -0.353 e. The van der Waals surface area contributed by atoms with Crippen molar-refractivity contribution >= 4 is 5.91 Å². The van der Waals surface area contributed by atoms with Gasteiger partial charge in [0.15, 0.2) is 0 Å². The molecule has 0 saturated heterocycles. The Labute approximate surface area is 111 Å². The van der Waals surface area contributed by atoms with Crippen LogP contribution >= 0.6 is 0 Å². The van der Waals surface area contributed by atoms with Crippen LogP contribution in [0.1, 0.15) is 46.0 Å². The third-order valence-corrected chi connectivity index (χ3v) is 4.10. The zero-order chi connectivity index (χ0) is 13.8. The molecule has 18 heavy (non-hydrogen) atoms. The van der Waals surface area contributed by atoms with E-state index in [9.17, 15) is 4.79 Å². The molecule has 0 aromatic rings. The number of hydrogen-bond donors (Lipinski definition) is 2. The number of likely N-dealkylation sites (N-methyl/N-ethyl adjacent to an activating group) is 1. The highest BCUT2D eigenvalue weighted by Crippen LogP contribution is 2.26. The van der Waals surface area contributed by atoms with Crippen molar-refractivity contribution in [3.63, 3.8) is 0 Å². The van der Waals surface area contributed by atoms with Crippen molar-refractivity contribution in [2.45, 2.75) is 57.5 Å². The van der Waals surface area contributed by atoms with Gasteiger partial charge in [-0.25, -0.2) is 0 Å². The Bertz CT molecular complexity index is 262. The molecule has 1 aliphatic carbocycles. The molecule has 1 atom stereocenters. The molecule has 0 aromatic carbocycles. The zero-order valence-corrected chi connectivity index (χ0v) is 12.3. The largest absolute Gasteiger partial charge is 0.353 e. The molecule has 4 nitrogen and oxygen atoms in total. The maximum absolute atomic E-state index is 12.2. The molecule has 0 aliphatic heterocycles. The smallest absolute Gasteiger partial charge is 0.240 e. The molecular formula is C14H29N3O. The molecule has 0 bridgehead atoms. The third kappa shape index (κ3) is 3.95. The van der Waals surface area contributed by atoms with Gasteiger partial charge in [0.1, 0.15) is 0 Å². The van der Waals surface area contributed by atoms with Crippen LogP contribution in [0.2, 0.25) is 0 Å². The zero-order valence-electron chi connectivity index (χ0n) is 12.3. The first-order valence-electron chi connectivity index (χ1n) is 7.10. The minimum absolute atomic E-state index is 0.0368. The quantitative estimate of drug-likeness (QED) is 0.779. The van der Waals surface area contributed by atoms with E-state index in [2.05, 4.69) is 38.2 Å². The van der Waals surface area contributed by atoms with E-state index in [-0.39, 0.29) is 5.91 Å². The molecule has 0 spiro atoms. The summed E-state index contributed by atoms with van der Waals surface area (Å²) in [6, 6.07) is 0.362. The van der Waals surface area contributed by atoms with E-state index in [4.69, 9.17) is 5.73 Å². The van der Waals surface area contributed by atoms with Crippen molar-refractivity contribution in [3.05, 3.63) is 0 Å². The fourth-order valence-corrected chi connectivity index (χ4v) is 2.80. The molecule has 1 unspecified atom stereocenters. The molecule has 0 aromatic heterocycles. The molecule has 106 valence electrons. The first-order chi connectivity index (χ1) is 8.37. The van der Waals surface area contributed by atoms with E-state index in [1.54, 1.807) is 0 Å². The average Bonchev–Trinajstić information content (AvgIpc) is 2.29. The molecule has 1 fully saturated rings. The van der Waals surface area contributed by atoms with Gasteiger partial charge in [-0.05, 0) is 32.9 Å². The molecule has 0 radical (unpaired) electrons. The number of carbonyl (C=O) groups is 1.